The molecule has 0 aliphatic rings. The molecule has 18 N–H and O–H groups in total. The van der Waals surface area contributed by atoms with Crippen molar-refractivity contribution in [3.05, 3.63) is 36.0 Å². The first-order chi connectivity index (χ1) is 29.2. The monoisotopic (exact) mass is 875 g/mol. The van der Waals surface area contributed by atoms with E-state index in [0.29, 0.717) is 12.0 Å². The summed E-state index contributed by atoms with van der Waals surface area (Å²) in [6, 6.07) is -3.73. The minimum Gasteiger partial charge on any atom is -0.480 e. The Kier molecular flexibility index (Phi) is 20.9. The van der Waals surface area contributed by atoms with Crippen LogP contribution in [0.5, 0.6) is 0 Å². The number of carbonyl (C=O) groups excluding carboxylic acids is 9. The Labute approximate surface area is 355 Å². The average molecular weight is 876 g/mol. The van der Waals surface area contributed by atoms with Crippen LogP contribution in [0.1, 0.15) is 64.4 Å². The maximum atomic E-state index is 13.5. The normalized spacial score (nSPS) is 14.9. The van der Waals surface area contributed by atoms with Gasteiger partial charge in [-0.25, -0.2) is 4.79 Å². The predicted molar refractivity (Wildman–Crippen MR) is 218 cm³/mol. The van der Waals surface area contributed by atoms with Crippen LogP contribution in [-0.4, -0.2) is 135 Å². The first kappa shape index (κ1) is 51.5. The first-order valence-electron chi connectivity index (χ1n) is 19.6. The van der Waals surface area contributed by atoms with Gasteiger partial charge in [0.05, 0.1) is 19.3 Å². The number of aromatic nitrogens is 1. The molecule has 1 heterocycles. The Morgan fingerprint density at radius 1 is 0.613 bits per heavy atom. The molecule has 0 radical (unpaired) electrons. The van der Waals surface area contributed by atoms with Crippen molar-refractivity contribution in [1.82, 2.24) is 36.9 Å². The van der Waals surface area contributed by atoms with Gasteiger partial charge in [-0.15, -0.1) is 0 Å². The van der Waals surface area contributed by atoms with Crippen molar-refractivity contribution in [2.75, 3.05) is 13.2 Å². The molecule has 9 amide bonds. The zero-order chi connectivity index (χ0) is 46.7. The van der Waals surface area contributed by atoms with Crippen LogP contribution in [-0.2, 0) is 54.4 Å². The molecule has 24 heteroatoms. The van der Waals surface area contributed by atoms with Crippen LogP contribution < -0.4 is 54.8 Å². The molecule has 24 nitrogen and oxygen atoms in total. The molecule has 62 heavy (non-hydrogen) atoms. The quantitative estimate of drug-likeness (QED) is 0.0380. The van der Waals surface area contributed by atoms with Crippen LogP contribution in [0, 0.1) is 5.92 Å². The molecule has 0 saturated carbocycles. The maximum Gasteiger partial charge on any atom is 0.326 e. The smallest absolute Gasteiger partial charge is 0.326 e. The fraction of sp³-hybridized carbons (Fsp3) is 0.526. The molecule has 0 aliphatic carbocycles. The Hall–Kier alpha value is -6.66. The SMILES string of the molecule is CC[C@H](C)[C@H](NC(=O)[C@H](CCC(N)=O)NC(=O)[C@H](CO)NC(=O)[C@H](CCC(N)=O)NC(=O)[C@H](CO)NC(=O)[C@H](CCC(N)=O)NC(=O)[C@@H](N)Cc1c[nH]c2ccccc12)C(=O)O. The maximum absolute atomic E-state index is 13.5. The summed E-state index contributed by atoms with van der Waals surface area (Å²) in [5, 5.41) is 44.1. The van der Waals surface area contributed by atoms with Crippen LogP contribution in [0.4, 0.5) is 0 Å². The third-order valence-corrected chi connectivity index (χ3v) is 9.80. The number of aromatic amines is 1. The van der Waals surface area contributed by atoms with Crippen LogP contribution >= 0.6 is 0 Å². The predicted octanol–water partition coefficient (Wildman–Crippen LogP) is -5.14. The first-order valence-corrected chi connectivity index (χ1v) is 19.6. The number of carboxylic acids is 1. The van der Waals surface area contributed by atoms with Gasteiger partial charge in [0.1, 0.15) is 36.3 Å². The van der Waals surface area contributed by atoms with Gasteiger partial charge in [0.2, 0.25) is 53.2 Å². The Bertz CT molecular complexity index is 1940. The van der Waals surface area contributed by atoms with Gasteiger partial charge in [-0.1, -0.05) is 38.5 Å². The minimum atomic E-state index is -1.84. The molecule has 0 fully saturated rings. The number of para-hydroxylation sites is 1. The summed E-state index contributed by atoms with van der Waals surface area (Å²) in [4.78, 5) is 129. The van der Waals surface area contributed by atoms with Crippen molar-refractivity contribution in [2.45, 2.75) is 108 Å². The topological polar surface area (TPSA) is 423 Å². The number of aliphatic carboxylic acids is 1. The number of aliphatic hydroxyl groups is 2. The molecule has 0 aliphatic heterocycles. The number of carbonyl (C=O) groups is 10. The number of hydrogen-bond donors (Lipinski definition) is 14. The molecule has 0 unspecified atom stereocenters. The van der Waals surface area contributed by atoms with Crippen molar-refractivity contribution in [2.24, 2.45) is 28.9 Å². The number of amides is 9. The van der Waals surface area contributed by atoms with Crippen LogP contribution in [0.25, 0.3) is 10.9 Å². The van der Waals surface area contributed by atoms with E-state index < -0.39 is 153 Å². The summed E-state index contributed by atoms with van der Waals surface area (Å²) in [5.74, 6) is -11.0. The Morgan fingerprint density at radius 3 is 1.40 bits per heavy atom. The molecule has 0 spiro atoms. The number of benzene rings is 1. The summed E-state index contributed by atoms with van der Waals surface area (Å²) in [5.41, 5.74) is 23.4. The fourth-order valence-electron chi connectivity index (χ4n) is 5.99. The molecule has 0 bridgehead atoms. The molecule has 1 aromatic carbocycles. The van der Waals surface area contributed by atoms with Gasteiger partial charge in [-0.05, 0) is 43.2 Å². The van der Waals surface area contributed by atoms with Crippen molar-refractivity contribution in [3.63, 3.8) is 0 Å². The van der Waals surface area contributed by atoms with Gasteiger partial charge in [0.15, 0.2) is 0 Å². The summed E-state index contributed by atoms with van der Waals surface area (Å²) in [6.45, 7) is 1.08. The highest BCUT2D eigenvalue weighted by atomic mass is 16.4. The van der Waals surface area contributed by atoms with Gasteiger partial charge in [-0.2, -0.15) is 0 Å². The van der Waals surface area contributed by atoms with E-state index >= 15 is 0 Å². The van der Waals surface area contributed by atoms with Crippen molar-refractivity contribution in [3.8, 4) is 0 Å². The lowest BCUT2D eigenvalue weighted by Gasteiger charge is -2.27. The third kappa shape index (κ3) is 16.4. The number of H-pyrrole nitrogens is 1. The number of nitrogens with two attached hydrogens (primary N) is 4. The molecule has 342 valence electrons. The second kappa shape index (κ2) is 25.2. The number of nitrogens with one attached hydrogen (secondary N) is 7. The number of primary amides is 3. The van der Waals surface area contributed by atoms with E-state index in [1.165, 1.54) is 0 Å². The molecule has 1 aromatic heterocycles. The molecule has 2 aromatic rings. The van der Waals surface area contributed by atoms with E-state index in [4.69, 9.17) is 22.9 Å². The highest BCUT2D eigenvalue weighted by Gasteiger charge is 2.34. The molecule has 2 rings (SSSR count). The van der Waals surface area contributed by atoms with Crippen molar-refractivity contribution in [1.29, 1.82) is 0 Å². The van der Waals surface area contributed by atoms with Gasteiger partial charge in [0.25, 0.3) is 0 Å². The molecular formula is C38H57N11O13. The number of aliphatic hydroxyl groups excluding tert-OH is 2. The largest absolute Gasteiger partial charge is 0.480 e. The van der Waals surface area contributed by atoms with Gasteiger partial charge in [-0.3, -0.25) is 43.2 Å². The van der Waals surface area contributed by atoms with E-state index in [2.05, 4.69) is 36.9 Å². The lowest BCUT2D eigenvalue weighted by Crippen LogP contribution is -2.61. The highest BCUT2D eigenvalue weighted by molar-refractivity contribution is 5.97. The second-order valence-corrected chi connectivity index (χ2v) is 14.6. The lowest BCUT2D eigenvalue weighted by atomic mass is 9.98. The number of fused-ring (bicyclic) bond motifs is 1. The lowest BCUT2D eigenvalue weighted by molar-refractivity contribution is -0.144. The van der Waals surface area contributed by atoms with E-state index in [9.17, 15) is 63.3 Å². The number of carboxylic acid groups (broad SMARTS) is 1. The summed E-state index contributed by atoms with van der Waals surface area (Å²) >= 11 is 0. The fourth-order valence-corrected chi connectivity index (χ4v) is 5.99. The summed E-state index contributed by atoms with van der Waals surface area (Å²) < 4.78 is 0. The van der Waals surface area contributed by atoms with Crippen LogP contribution in [0.2, 0.25) is 0 Å². The molecular weight excluding hydrogens is 818 g/mol. The van der Waals surface area contributed by atoms with Crippen LogP contribution in [0.15, 0.2) is 30.5 Å². The minimum absolute atomic E-state index is 0.0477. The Morgan fingerprint density at radius 2 is 1.00 bits per heavy atom. The average Bonchev–Trinajstić information content (AvgIpc) is 3.63. The highest BCUT2D eigenvalue weighted by Crippen LogP contribution is 2.19. The third-order valence-electron chi connectivity index (χ3n) is 9.80. The van der Waals surface area contributed by atoms with Gasteiger partial charge >= 0.3 is 5.97 Å². The zero-order valence-corrected chi connectivity index (χ0v) is 34.3. The zero-order valence-electron chi connectivity index (χ0n) is 34.3. The number of rotatable bonds is 28. The molecule has 8 atom stereocenters. The second-order valence-electron chi connectivity index (χ2n) is 14.6. The van der Waals surface area contributed by atoms with Gasteiger partial charge < -0.3 is 75.1 Å². The van der Waals surface area contributed by atoms with E-state index in [0.717, 1.165) is 10.9 Å². The summed E-state index contributed by atoms with van der Waals surface area (Å²) in [7, 11) is 0. The van der Waals surface area contributed by atoms with E-state index in [-0.39, 0.29) is 12.8 Å². The van der Waals surface area contributed by atoms with Gasteiger partial charge in [0, 0.05) is 36.4 Å². The molecule has 0 saturated heterocycles. The van der Waals surface area contributed by atoms with Crippen molar-refractivity contribution >= 4 is 70.0 Å². The van der Waals surface area contributed by atoms with Crippen LogP contribution in [0.3, 0.4) is 0 Å². The summed E-state index contributed by atoms with van der Waals surface area (Å²) in [6.07, 6.45) is -0.504. The van der Waals surface area contributed by atoms with E-state index in [1.807, 2.05) is 18.2 Å². The Balaban J connectivity index is 2.22. The number of hydrogen-bond acceptors (Lipinski definition) is 13. The van der Waals surface area contributed by atoms with Crippen molar-refractivity contribution < 1.29 is 63.3 Å². The standard InChI is InChI=1S/C38H57N11O13/c1-3-18(2)31(38(61)62)49-35(58)25(10-13-30(42)54)46-37(60)27(17-51)48-34(57)24(9-12-29(41)53)45-36(59)26(16-50)47-33(56)23(8-11-28(40)52)44-32(55)21(39)14-19-15-43-22-7-5-4-6-20(19)22/h4-7,15,18,21,23-27,31,43,50-51H,3,8-14,16-17,39H2,1-2H3,(H2,40,52)(H2,41,53)(H2,42,54)(H,44,55)(H,45,59)(H,46,60)(H,47,56)(H,48,57)(H,49,58)(H,61,62)/t18-,21-,23-,24-,25-,26-,27-,31-/m0/s1. The van der Waals surface area contributed by atoms with E-state index in [1.54, 1.807) is 26.1 Å².